The molecule has 0 unspecified atom stereocenters. The van der Waals surface area contributed by atoms with Gasteiger partial charge >= 0.3 is 0 Å². The Morgan fingerprint density at radius 1 is 1.06 bits per heavy atom. The van der Waals surface area contributed by atoms with Crippen LogP contribution in [0.1, 0.15) is 11.4 Å². The first-order valence-corrected chi connectivity index (χ1v) is 5.74. The summed E-state index contributed by atoms with van der Waals surface area (Å²) in [5.74, 6) is 0.782. The second kappa shape index (κ2) is 4.18. The van der Waals surface area contributed by atoms with Crippen LogP contribution >= 0.6 is 11.6 Å². The van der Waals surface area contributed by atoms with E-state index >= 15 is 0 Å². The lowest BCUT2D eigenvalue weighted by atomic mass is 10.1. The molecule has 3 aromatic rings. The number of hydrogen-bond donors (Lipinski definition) is 0. The minimum Gasteiger partial charge on any atom is -0.221 e. The van der Waals surface area contributed by atoms with Crippen LogP contribution in [0.4, 0.5) is 0 Å². The second-order valence-electron chi connectivity index (χ2n) is 3.80. The van der Waals surface area contributed by atoms with Crippen LogP contribution in [0.15, 0.2) is 48.7 Å². The van der Waals surface area contributed by atoms with Gasteiger partial charge in [0.2, 0.25) is 0 Å². The molecule has 0 aliphatic carbocycles. The van der Waals surface area contributed by atoms with Crippen molar-refractivity contribution in [2.24, 2.45) is 0 Å². The summed E-state index contributed by atoms with van der Waals surface area (Å²) in [6, 6.07) is 13.6. The summed E-state index contributed by atoms with van der Waals surface area (Å²) < 4.78 is 1.77. The van der Waals surface area contributed by atoms with Crippen molar-refractivity contribution in [1.29, 1.82) is 0 Å². The van der Waals surface area contributed by atoms with Crippen molar-refractivity contribution in [2.45, 2.75) is 6.42 Å². The van der Waals surface area contributed by atoms with Crippen molar-refractivity contribution < 1.29 is 0 Å². The number of rotatable bonds is 2. The second-order valence-corrected chi connectivity index (χ2v) is 4.21. The maximum atomic E-state index is 6.11. The molecule has 3 nitrogen and oxygen atoms in total. The Hall–Kier alpha value is -1.87. The third kappa shape index (κ3) is 2.01. The van der Waals surface area contributed by atoms with Crippen molar-refractivity contribution >= 4 is 17.2 Å². The van der Waals surface area contributed by atoms with E-state index in [1.54, 1.807) is 4.52 Å². The predicted molar refractivity (Wildman–Crippen MR) is 67.2 cm³/mol. The summed E-state index contributed by atoms with van der Waals surface area (Å²) in [7, 11) is 0. The summed E-state index contributed by atoms with van der Waals surface area (Å²) in [5, 5.41) is 5.15. The molecular weight excluding hydrogens is 234 g/mol. The van der Waals surface area contributed by atoms with Gasteiger partial charge in [0.25, 0.3) is 0 Å². The third-order valence-electron chi connectivity index (χ3n) is 2.59. The number of pyridine rings is 1. The van der Waals surface area contributed by atoms with Gasteiger partial charge < -0.3 is 0 Å². The Balaban J connectivity index is 1.98. The van der Waals surface area contributed by atoms with Gasteiger partial charge in [-0.1, -0.05) is 35.9 Å². The average Bonchev–Trinajstić information content (AvgIpc) is 2.74. The number of nitrogens with zero attached hydrogens (tertiary/aromatic N) is 3. The molecule has 0 atom stereocenters. The Morgan fingerprint density at radius 2 is 1.88 bits per heavy atom. The van der Waals surface area contributed by atoms with Gasteiger partial charge in [-0.3, -0.25) is 0 Å². The van der Waals surface area contributed by atoms with Crippen molar-refractivity contribution in [2.75, 3.05) is 0 Å². The SMILES string of the molecule is Clc1ccccc1Cc1nc2ccccn2n1. The highest BCUT2D eigenvalue weighted by Gasteiger charge is 2.06. The molecule has 17 heavy (non-hydrogen) atoms. The van der Waals surface area contributed by atoms with Crippen LogP contribution < -0.4 is 0 Å². The van der Waals surface area contributed by atoms with Gasteiger partial charge in [0.1, 0.15) is 0 Å². The van der Waals surface area contributed by atoms with Crippen molar-refractivity contribution in [1.82, 2.24) is 14.6 Å². The zero-order valence-corrected chi connectivity index (χ0v) is 9.80. The molecule has 2 aromatic heterocycles. The fraction of sp³-hybridized carbons (Fsp3) is 0.0769. The summed E-state index contributed by atoms with van der Waals surface area (Å²) in [5.41, 5.74) is 1.90. The lowest BCUT2D eigenvalue weighted by Gasteiger charge is -1.99. The molecule has 0 bridgehead atoms. The number of fused-ring (bicyclic) bond motifs is 1. The van der Waals surface area contributed by atoms with Gasteiger partial charge in [0.05, 0.1) is 0 Å². The molecule has 0 saturated carbocycles. The molecule has 4 heteroatoms. The number of halogens is 1. The summed E-state index contributed by atoms with van der Waals surface area (Å²) >= 11 is 6.11. The molecule has 0 amide bonds. The maximum absolute atomic E-state index is 6.11. The monoisotopic (exact) mass is 243 g/mol. The standard InChI is InChI=1S/C13H10ClN3/c14-11-6-2-1-5-10(11)9-12-15-13-7-3-4-8-17(13)16-12/h1-8H,9H2. The molecule has 1 aromatic carbocycles. The normalized spacial score (nSPS) is 10.9. The lowest BCUT2D eigenvalue weighted by molar-refractivity contribution is 0.900. The van der Waals surface area contributed by atoms with E-state index < -0.39 is 0 Å². The van der Waals surface area contributed by atoms with Crippen molar-refractivity contribution in [3.05, 3.63) is 65.1 Å². The minimum absolute atomic E-state index is 0.654. The van der Waals surface area contributed by atoms with Crippen LogP contribution in [0.2, 0.25) is 5.02 Å². The van der Waals surface area contributed by atoms with Gasteiger partial charge in [0, 0.05) is 17.6 Å². The first kappa shape index (κ1) is 10.3. The molecule has 2 heterocycles. The molecule has 0 fully saturated rings. The molecule has 0 spiro atoms. The first-order chi connectivity index (χ1) is 8.33. The van der Waals surface area contributed by atoms with Crippen molar-refractivity contribution in [3.63, 3.8) is 0 Å². The summed E-state index contributed by atoms with van der Waals surface area (Å²) in [4.78, 5) is 4.44. The van der Waals surface area contributed by atoms with E-state index in [-0.39, 0.29) is 0 Å². The van der Waals surface area contributed by atoms with E-state index in [9.17, 15) is 0 Å². The summed E-state index contributed by atoms with van der Waals surface area (Å²) in [6.07, 6.45) is 2.54. The van der Waals surface area contributed by atoms with Gasteiger partial charge in [-0.05, 0) is 23.8 Å². The first-order valence-electron chi connectivity index (χ1n) is 5.36. The van der Waals surface area contributed by atoms with E-state index in [4.69, 9.17) is 11.6 Å². The van der Waals surface area contributed by atoms with Gasteiger partial charge in [-0.15, -0.1) is 0 Å². The zero-order valence-electron chi connectivity index (χ0n) is 9.05. The molecule has 0 radical (unpaired) electrons. The Kier molecular flexibility index (Phi) is 2.53. The van der Waals surface area contributed by atoms with Crippen molar-refractivity contribution in [3.8, 4) is 0 Å². The molecule has 0 aliphatic rings. The van der Waals surface area contributed by atoms with E-state index in [1.165, 1.54) is 0 Å². The quantitative estimate of drug-likeness (QED) is 0.693. The van der Waals surface area contributed by atoms with E-state index in [2.05, 4.69) is 10.1 Å². The van der Waals surface area contributed by atoms with E-state index in [0.29, 0.717) is 6.42 Å². The number of hydrogen-bond acceptors (Lipinski definition) is 2. The molecule has 84 valence electrons. The smallest absolute Gasteiger partial charge is 0.156 e. The van der Waals surface area contributed by atoms with E-state index in [0.717, 1.165) is 22.1 Å². The van der Waals surface area contributed by atoms with Gasteiger partial charge in [-0.25, -0.2) is 9.50 Å². The van der Waals surface area contributed by atoms with E-state index in [1.807, 2.05) is 48.7 Å². The van der Waals surface area contributed by atoms with Crippen LogP contribution in [-0.2, 0) is 6.42 Å². The van der Waals surface area contributed by atoms with Crippen LogP contribution in [0.5, 0.6) is 0 Å². The van der Waals surface area contributed by atoms with Crippen LogP contribution in [0.25, 0.3) is 5.65 Å². The largest absolute Gasteiger partial charge is 0.221 e. The topological polar surface area (TPSA) is 30.2 Å². The van der Waals surface area contributed by atoms with Crippen LogP contribution in [-0.4, -0.2) is 14.6 Å². The highest BCUT2D eigenvalue weighted by atomic mass is 35.5. The molecule has 3 rings (SSSR count). The highest BCUT2D eigenvalue weighted by Crippen LogP contribution is 2.17. The van der Waals surface area contributed by atoms with Crippen LogP contribution in [0.3, 0.4) is 0 Å². The van der Waals surface area contributed by atoms with Crippen LogP contribution in [0, 0.1) is 0 Å². The number of benzene rings is 1. The molecule has 0 N–H and O–H groups in total. The third-order valence-corrected chi connectivity index (χ3v) is 2.96. The lowest BCUT2D eigenvalue weighted by Crippen LogP contribution is -1.92. The summed E-state index contributed by atoms with van der Waals surface area (Å²) in [6.45, 7) is 0. The average molecular weight is 244 g/mol. The molecule has 0 aliphatic heterocycles. The Bertz CT molecular complexity index is 627. The fourth-order valence-corrected chi connectivity index (χ4v) is 1.97. The Labute approximate surface area is 104 Å². The fourth-order valence-electron chi connectivity index (χ4n) is 1.76. The minimum atomic E-state index is 0.654. The number of aromatic nitrogens is 3. The molecular formula is C13H10ClN3. The van der Waals surface area contributed by atoms with Gasteiger partial charge in [0.15, 0.2) is 11.5 Å². The predicted octanol–water partition coefficient (Wildman–Crippen LogP) is 2.97. The molecule has 0 saturated heterocycles. The van der Waals surface area contributed by atoms with Gasteiger partial charge in [-0.2, -0.15) is 5.10 Å². The maximum Gasteiger partial charge on any atom is 0.156 e. The Morgan fingerprint density at radius 3 is 2.71 bits per heavy atom. The zero-order chi connectivity index (χ0) is 11.7. The highest BCUT2D eigenvalue weighted by molar-refractivity contribution is 6.31.